The lowest BCUT2D eigenvalue weighted by atomic mass is 10.1. The Morgan fingerprint density at radius 2 is 2.03 bits per heavy atom. The number of carbonyl (C=O) groups is 3. The molecule has 1 fully saturated rings. The number of hydrogen-bond acceptors (Lipinski definition) is 6. The van der Waals surface area contributed by atoms with Gasteiger partial charge in [0.2, 0.25) is 5.91 Å². The summed E-state index contributed by atoms with van der Waals surface area (Å²) in [6.07, 6.45) is 4.58. The van der Waals surface area contributed by atoms with Gasteiger partial charge in [0.05, 0.1) is 26.9 Å². The predicted molar refractivity (Wildman–Crippen MR) is 117 cm³/mol. The maximum absolute atomic E-state index is 13.2. The first-order valence-corrected chi connectivity index (χ1v) is 10.1. The van der Waals surface area contributed by atoms with Crippen LogP contribution in [0.1, 0.15) is 12.5 Å². The Morgan fingerprint density at radius 3 is 2.73 bits per heavy atom. The van der Waals surface area contributed by atoms with Gasteiger partial charge in [-0.25, -0.2) is 9.89 Å². The van der Waals surface area contributed by atoms with Crippen LogP contribution in [0, 0.1) is 0 Å². The molecule has 0 atom stereocenters. The van der Waals surface area contributed by atoms with E-state index < -0.39 is 11.8 Å². The third kappa shape index (κ3) is 3.24. The van der Waals surface area contributed by atoms with Gasteiger partial charge in [-0.05, 0) is 23.9 Å². The largest absolute Gasteiger partial charge is 0.283 e. The number of carbonyl (C=O) groups excluding carboxylic acids is 3. The summed E-state index contributed by atoms with van der Waals surface area (Å²) in [7, 11) is 0. The standard InChI is InChI=1S/C21H15ClN4O3S/c1-3-10-25-20(29)18(30-21(25)24-15-8-9-23-11-14(15)22)17-13-6-4-5-7-16(13)26(12(2)27)19(17)28/h3-9,11H,1,10H2,2H3/b18-17-,24-21?. The lowest BCUT2D eigenvalue weighted by Crippen LogP contribution is -2.32. The van der Waals surface area contributed by atoms with Crippen molar-refractivity contribution >= 4 is 63.2 Å². The topological polar surface area (TPSA) is 82.9 Å². The number of aliphatic imine (C=N–C) groups is 1. The van der Waals surface area contributed by atoms with Crippen LogP contribution in [-0.4, -0.2) is 39.3 Å². The molecule has 30 heavy (non-hydrogen) atoms. The molecular weight excluding hydrogens is 424 g/mol. The number of amidine groups is 1. The van der Waals surface area contributed by atoms with Crippen LogP contribution in [0.25, 0.3) is 5.57 Å². The van der Waals surface area contributed by atoms with Crippen molar-refractivity contribution in [1.29, 1.82) is 0 Å². The molecule has 2 aliphatic heterocycles. The van der Waals surface area contributed by atoms with E-state index in [1.165, 1.54) is 18.0 Å². The van der Waals surface area contributed by atoms with Gasteiger partial charge in [0, 0.05) is 31.4 Å². The predicted octanol–water partition coefficient (Wildman–Crippen LogP) is 3.79. The number of fused-ring (bicyclic) bond motifs is 1. The second-order valence-electron chi connectivity index (χ2n) is 6.41. The zero-order valence-electron chi connectivity index (χ0n) is 15.8. The van der Waals surface area contributed by atoms with Gasteiger partial charge in [-0.15, -0.1) is 6.58 Å². The quantitative estimate of drug-likeness (QED) is 0.537. The number of nitrogens with zero attached hydrogens (tertiary/aromatic N) is 4. The average Bonchev–Trinajstić information content (AvgIpc) is 3.17. The molecule has 4 rings (SSSR count). The molecule has 2 aromatic rings. The summed E-state index contributed by atoms with van der Waals surface area (Å²) in [5, 5.41) is 0.699. The molecule has 3 heterocycles. The smallest absolute Gasteiger partial charge is 0.267 e. The minimum atomic E-state index is -0.527. The second kappa shape index (κ2) is 7.89. The first kappa shape index (κ1) is 20.1. The van der Waals surface area contributed by atoms with Crippen molar-refractivity contribution in [3.8, 4) is 0 Å². The summed E-state index contributed by atoms with van der Waals surface area (Å²) in [6, 6.07) is 8.53. The SMILES string of the molecule is C=CCN1C(=O)/C(=C2/C(=O)N(C(C)=O)c3ccccc32)SC1=Nc1ccncc1Cl. The molecule has 150 valence electrons. The van der Waals surface area contributed by atoms with Crippen LogP contribution in [0.15, 0.2) is 65.3 Å². The van der Waals surface area contributed by atoms with Crippen molar-refractivity contribution in [1.82, 2.24) is 9.88 Å². The molecule has 1 aromatic heterocycles. The molecule has 0 bridgehead atoms. The fraction of sp³-hybridized carbons (Fsp3) is 0.0952. The van der Waals surface area contributed by atoms with Crippen LogP contribution in [0.2, 0.25) is 5.02 Å². The first-order chi connectivity index (χ1) is 14.4. The summed E-state index contributed by atoms with van der Waals surface area (Å²) in [6.45, 7) is 5.21. The van der Waals surface area contributed by atoms with Crippen LogP contribution in [-0.2, 0) is 14.4 Å². The number of pyridine rings is 1. The van der Waals surface area contributed by atoms with E-state index in [4.69, 9.17) is 11.6 Å². The lowest BCUT2D eigenvalue weighted by molar-refractivity contribution is -0.124. The minimum absolute atomic E-state index is 0.191. The number of imide groups is 1. The number of aromatic nitrogens is 1. The maximum atomic E-state index is 13.2. The van der Waals surface area contributed by atoms with Crippen LogP contribution >= 0.6 is 23.4 Å². The van der Waals surface area contributed by atoms with E-state index >= 15 is 0 Å². The van der Waals surface area contributed by atoms with Gasteiger partial charge in [0.25, 0.3) is 11.8 Å². The van der Waals surface area contributed by atoms with Gasteiger partial charge in [-0.2, -0.15) is 0 Å². The van der Waals surface area contributed by atoms with Crippen molar-refractivity contribution in [2.24, 2.45) is 4.99 Å². The number of halogens is 1. The molecule has 3 amide bonds. The van der Waals surface area contributed by atoms with Crippen molar-refractivity contribution in [2.45, 2.75) is 6.92 Å². The Kier molecular flexibility index (Phi) is 5.27. The Morgan fingerprint density at radius 1 is 1.27 bits per heavy atom. The summed E-state index contributed by atoms with van der Waals surface area (Å²) >= 11 is 7.23. The average molecular weight is 439 g/mol. The third-order valence-corrected chi connectivity index (χ3v) is 5.88. The molecule has 0 unspecified atom stereocenters. The normalized spacial score (nSPS) is 19.6. The highest BCUT2D eigenvalue weighted by Gasteiger charge is 2.43. The minimum Gasteiger partial charge on any atom is -0.283 e. The summed E-state index contributed by atoms with van der Waals surface area (Å²) in [5.41, 5.74) is 1.64. The van der Waals surface area contributed by atoms with E-state index in [0.29, 0.717) is 27.1 Å². The monoisotopic (exact) mass is 438 g/mol. The molecule has 9 heteroatoms. The van der Waals surface area contributed by atoms with Crippen molar-refractivity contribution in [3.63, 3.8) is 0 Å². The van der Waals surface area contributed by atoms with Gasteiger partial charge in [-0.1, -0.05) is 35.9 Å². The first-order valence-electron chi connectivity index (χ1n) is 8.91. The Hall–Kier alpha value is -3.23. The summed E-state index contributed by atoms with van der Waals surface area (Å²) in [5.74, 6) is -1.33. The molecule has 1 aromatic carbocycles. The van der Waals surface area contributed by atoms with E-state index in [1.807, 2.05) is 0 Å². The van der Waals surface area contributed by atoms with Crippen molar-refractivity contribution < 1.29 is 14.4 Å². The zero-order valence-corrected chi connectivity index (χ0v) is 17.4. The van der Waals surface area contributed by atoms with E-state index in [0.717, 1.165) is 16.7 Å². The molecular formula is C21H15ClN4O3S. The number of benzene rings is 1. The zero-order chi connectivity index (χ0) is 21.4. The van der Waals surface area contributed by atoms with Crippen molar-refractivity contribution in [2.75, 3.05) is 11.4 Å². The highest BCUT2D eigenvalue weighted by atomic mass is 35.5. The van der Waals surface area contributed by atoms with E-state index in [-0.39, 0.29) is 22.9 Å². The van der Waals surface area contributed by atoms with Crippen LogP contribution in [0.5, 0.6) is 0 Å². The maximum Gasteiger partial charge on any atom is 0.267 e. The number of thioether (sulfide) groups is 1. The molecule has 0 saturated carbocycles. The Labute approximate surface area is 181 Å². The third-order valence-electron chi connectivity index (χ3n) is 4.52. The van der Waals surface area contributed by atoms with Crippen LogP contribution < -0.4 is 4.90 Å². The van der Waals surface area contributed by atoms with Gasteiger partial charge in [0.1, 0.15) is 0 Å². The number of para-hydroxylation sites is 1. The van der Waals surface area contributed by atoms with Gasteiger partial charge >= 0.3 is 0 Å². The van der Waals surface area contributed by atoms with Crippen LogP contribution in [0.3, 0.4) is 0 Å². The molecule has 1 saturated heterocycles. The second-order valence-corrected chi connectivity index (χ2v) is 7.79. The highest BCUT2D eigenvalue weighted by molar-refractivity contribution is 8.18. The van der Waals surface area contributed by atoms with E-state index in [2.05, 4.69) is 16.6 Å². The number of rotatable bonds is 3. The van der Waals surface area contributed by atoms with Gasteiger partial charge < -0.3 is 0 Å². The molecule has 2 aliphatic rings. The summed E-state index contributed by atoms with van der Waals surface area (Å²) in [4.78, 5) is 49.6. The number of anilines is 1. The number of hydrogen-bond donors (Lipinski definition) is 0. The number of amides is 3. The molecule has 0 spiro atoms. The summed E-state index contributed by atoms with van der Waals surface area (Å²) < 4.78 is 0. The molecule has 0 radical (unpaired) electrons. The molecule has 0 N–H and O–H groups in total. The fourth-order valence-corrected chi connectivity index (χ4v) is 4.49. The Bertz CT molecular complexity index is 1170. The Balaban J connectivity index is 1.87. The lowest BCUT2D eigenvalue weighted by Gasteiger charge is -2.13. The fourth-order valence-electron chi connectivity index (χ4n) is 3.24. The van der Waals surface area contributed by atoms with E-state index in [9.17, 15) is 14.4 Å². The van der Waals surface area contributed by atoms with Crippen LogP contribution in [0.4, 0.5) is 11.4 Å². The van der Waals surface area contributed by atoms with Gasteiger partial charge in [0.15, 0.2) is 5.17 Å². The highest BCUT2D eigenvalue weighted by Crippen LogP contribution is 2.45. The van der Waals surface area contributed by atoms with Gasteiger partial charge in [-0.3, -0.25) is 24.3 Å². The molecule has 7 nitrogen and oxygen atoms in total. The van der Waals surface area contributed by atoms with Crippen molar-refractivity contribution in [3.05, 3.63) is 70.9 Å². The van der Waals surface area contributed by atoms with E-state index in [1.54, 1.807) is 42.6 Å². The molecule has 0 aliphatic carbocycles.